The van der Waals surface area contributed by atoms with Gasteiger partial charge in [0.05, 0.1) is 4.90 Å². The van der Waals surface area contributed by atoms with Crippen LogP contribution < -0.4 is 4.72 Å². The first-order valence-corrected chi connectivity index (χ1v) is 8.17. The Morgan fingerprint density at radius 2 is 2.10 bits per heavy atom. The van der Waals surface area contributed by atoms with Gasteiger partial charge in [-0.15, -0.1) is 0 Å². The number of halogens is 2. The molecule has 0 spiro atoms. The van der Waals surface area contributed by atoms with E-state index in [2.05, 4.69) is 20.7 Å². The Morgan fingerprint density at radius 1 is 1.50 bits per heavy atom. The molecule has 8 heteroatoms. The van der Waals surface area contributed by atoms with Crippen molar-refractivity contribution in [3.05, 3.63) is 28.5 Å². The van der Waals surface area contributed by atoms with Crippen molar-refractivity contribution in [2.75, 3.05) is 0 Å². The summed E-state index contributed by atoms with van der Waals surface area (Å²) >= 11 is 2.97. The summed E-state index contributed by atoms with van der Waals surface area (Å²) in [4.78, 5) is 11.2. The van der Waals surface area contributed by atoms with Crippen molar-refractivity contribution in [2.24, 2.45) is 5.92 Å². The number of hydrogen-bond acceptors (Lipinski definition) is 3. The number of aliphatic carboxylic acids is 1. The number of carboxylic acids is 1. The number of benzene rings is 1. The van der Waals surface area contributed by atoms with Crippen LogP contribution >= 0.6 is 15.9 Å². The van der Waals surface area contributed by atoms with Crippen LogP contribution in [0.5, 0.6) is 0 Å². The molecule has 1 aliphatic rings. The Morgan fingerprint density at radius 3 is 2.55 bits per heavy atom. The van der Waals surface area contributed by atoms with Crippen LogP contribution in [0.2, 0.25) is 0 Å². The Bertz CT molecular complexity index is 659. The highest BCUT2D eigenvalue weighted by atomic mass is 79.9. The highest BCUT2D eigenvalue weighted by molar-refractivity contribution is 9.10. The van der Waals surface area contributed by atoms with E-state index in [0.717, 1.165) is 18.2 Å². The molecule has 1 aromatic carbocycles. The van der Waals surface area contributed by atoms with Crippen LogP contribution in [-0.4, -0.2) is 25.0 Å². The summed E-state index contributed by atoms with van der Waals surface area (Å²) in [6.07, 6.45) is 1.33. The zero-order chi connectivity index (χ0) is 15.1. The SMILES string of the molecule is CC(NS(=O)(=O)c1ccc(F)cc1Br)(C(=O)O)C1CC1. The van der Waals surface area contributed by atoms with Gasteiger partial charge in [-0.1, -0.05) is 0 Å². The minimum atomic E-state index is -4.06. The Labute approximate surface area is 124 Å². The summed E-state index contributed by atoms with van der Waals surface area (Å²) in [7, 11) is -4.06. The van der Waals surface area contributed by atoms with Gasteiger partial charge in [0.15, 0.2) is 0 Å². The molecule has 0 aliphatic heterocycles. The van der Waals surface area contributed by atoms with E-state index in [1.165, 1.54) is 6.92 Å². The molecule has 0 amide bonds. The molecule has 0 saturated heterocycles. The van der Waals surface area contributed by atoms with Crippen molar-refractivity contribution in [2.45, 2.75) is 30.2 Å². The first-order chi connectivity index (χ1) is 9.17. The molecule has 0 bridgehead atoms. The average Bonchev–Trinajstić information content (AvgIpc) is 3.10. The summed E-state index contributed by atoms with van der Waals surface area (Å²) in [5.74, 6) is -2.03. The maximum Gasteiger partial charge on any atom is 0.324 e. The molecule has 20 heavy (non-hydrogen) atoms. The molecule has 0 heterocycles. The third-order valence-corrected chi connectivity index (χ3v) is 5.91. The first-order valence-electron chi connectivity index (χ1n) is 5.89. The van der Waals surface area contributed by atoms with Crippen molar-refractivity contribution in [1.29, 1.82) is 0 Å². The summed E-state index contributed by atoms with van der Waals surface area (Å²) in [6, 6.07) is 3.12. The van der Waals surface area contributed by atoms with Crippen LogP contribution in [0.15, 0.2) is 27.6 Å². The molecular formula is C12H13BrFNO4S. The van der Waals surface area contributed by atoms with E-state index in [0.29, 0.717) is 12.8 Å². The van der Waals surface area contributed by atoms with E-state index in [4.69, 9.17) is 0 Å². The number of hydrogen-bond donors (Lipinski definition) is 2. The van der Waals surface area contributed by atoms with Gasteiger partial charge in [-0.2, -0.15) is 4.72 Å². The van der Waals surface area contributed by atoms with Crippen LogP contribution in [0.4, 0.5) is 4.39 Å². The van der Waals surface area contributed by atoms with Gasteiger partial charge in [-0.25, -0.2) is 12.8 Å². The molecular weight excluding hydrogens is 353 g/mol. The lowest BCUT2D eigenvalue weighted by molar-refractivity contribution is -0.144. The third kappa shape index (κ3) is 2.87. The summed E-state index contributed by atoms with van der Waals surface area (Å²) in [6.45, 7) is 1.35. The van der Waals surface area contributed by atoms with Crippen molar-refractivity contribution in [3.8, 4) is 0 Å². The molecule has 1 saturated carbocycles. The lowest BCUT2D eigenvalue weighted by Gasteiger charge is -2.26. The van der Waals surface area contributed by atoms with E-state index in [1.807, 2.05) is 0 Å². The highest BCUT2D eigenvalue weighted by Crippen LogP contribution is 2.40. The van der Waals surface area contributed by atoms with Crippen molar-refractivity contribution < 1.29 is 22.7 Å². The molecule has 1 atom stereocenters. The molecule has 0 aromatic heterocycles. The van der Waals surface area contributed by atoms with Crippen molar-refractivity contribution in [3.63, 3.8) is 0 Å². The average molecular weight is 366 g/mol. The molecule has 1 aliphatic carbocycles. The third-order valence-electron chi connectivity index (χ3n) is 3.37. The number of rotatable bonds is 5. The molecule has 0 radical (unpaired) electrons. The fourth-order valence-electron chi connectivity index (χ4n) is 1.99. The second-order valence-electron chi connectivity index (χ2n) is 4.96. The maximum absolute atomic E-state index is 13.0. The van der Waals surface area contributed by atoms with Crippen LogP contribution in [-0.2, 0) is 14.8 Å². The molecule has 2 N–H and O–H groups in total. The highest BCUT2D eigenvalue weighted by Gasteiger charge is 2.50. The second-order valence-corrected chi connectivity index (χ2v) is 7.47. The Kier molecular flexibility index (Phi) is 3.92. The van der Waals surface area contributed by atoms with Gasteiger partial charge in [0.25, 0.3) is 0 Å². The minimum absolute atomic E-state index is 0.0496. The molecule has 1 fully saturated rings. The van der Waals surface area contributed by atoms with Crippen LogP contribution in [0.1, 0.15) is 19.8 Å². The van der Waals surface area contributed by atoms with Crippen molar-refractivity contribution in [1.82, 2.24) is 4.72 Å². The monoisotopic (exact) mass is 365 g/mol. The van der Waals surface area contributed by atoms with E-state index in [-0.39, 0.29) is 15.3 Å². The lowest BCUT2D eigenvalue weighted by Crippen LogP contribution is -2.53. The molecule has 1 aromatic rings. The van der Waals surface area contributed by atoms with Gasteiger partial charge >= 0.3 is 5.97 Å². The van der Waals surface area contributed by atoms with Gasteiger partial charge < -0.3 is 5.11 Å². The molecule has 1 unspecified atom stereocenters. The zero-order valence-electron chi connectivity index (χ0n) is 10.6. The van der Waals surface area contributed by atoms with Crippen molar-refractivity contribution >= 4 is 31.9 Å². The lowest BCUT2D eigenvalue weighted by atomic mass is 9.98. The van der Waals surface area contributed by atoms with E-state index in [1.54, 1.807) is 0 Å². The van der Waals surface area contributed by atoms with Gasteiger partial charge in [-0.05, 0) is 59.8 Å². The zero-order valence-corrected chi connectivity index (χ0v) is 13.0. The minimum Gasteiger partial charge on any atom is -0.480 e. The summed E-state index contributed by atoms with van der Waals surface area (Å²) in [5.41, 5.74) is -1.55. The standard InChI is InChI=1S/C12H13BrFNO4S/c1-12(11(16)17,7-2-3-7)15-20(18,19)10-5-4-8(14)6-9(10)13/h4-7,15H,2-3H2,1H3,(H,16,17). The summed E-state index contributed by atoms with van der Waals surface area (Å²) in [5, 5.41) is 9.27. The smallest absolute Gasteiger partial charge is 0.324 e. The first kappa shape index (κ1) is 15.4. The predicted octanol–water partition coefficient (Wildman–Crippen LogP) is 2.12. The number of carbonyl (C=O) groups is 1. The normalized spacial score (nSPS) is 18.6. The Balaban J connectivity index is 2.38. The number of nitrogens with one attached hydrogen (secondary N) is 1. The van der Waals surface area contributed by atoms with E-state index in [9.17, 15) is 22.7 Å². The van der Waals surface area contributed by atoms with E-state index >= 15 is 0 Å². The van der Waals surface area contributed by atoms with Crippen LogP contribution in [0, 0.1) is 11.7 Å². The van der Waals surface area contributed by atoms with Gasteiger partial charge in [0.2, 0.25) is 10.0 Å². The van der Waals surface area contributed by atoms with Gasteiger partial charge in [-0.3, -0.25) is 4.79 Å². The number of sulfonamides is 1. The molecule has 5 nitrogen and oxygen atoms in total. The Hall–Kier alpha value is -0.990. The fourth-order valence-corrected chi connectivity index (χ4v) is 4.46. The van der Waals surface area contributed by atoms with Gasteiger partial charge in [0.1, 0.15) is 11.4 Å². The van der Waals surface area contributed by atoms with Gasteiger partial charge in [0, 0.05) is 4.47 Å². The largest absolute Gasteiger partial charge is 0.480 e. The van der Waals surface area contributed by atoms with Crippen LogP contribution in [0.25, 0.3) is 0 Å². The summed E-state index contributed by atoms with van der Waals surface area (Å²) < 4.78 is 39.9. The maximum atomic E-state index is 13.0. The predicted molar refractivity (Wildman–Crippen MR) is 73.2 cm³/mol. The fraction of sp³-hybridized carbons (Fsp3) is 0.417. The van der Waals surface area contributed by atoms with E-state index < -0.39 is 27.3 Å². The topological polar surface area (TPSA) is 83.5 Å². The second kappa shape index (κ2) is 5.09. The molecule has 110 valence electrons. The van der Waals surface area contributed by atoms with Crippen LogP contribution in [0.3, 0.4) is 0 Å². The number of carboxylic acid groups (broad SMARTS) is 1. The quantitative estimate of drug-likeness (QED) is 0.836. The molecule has 2 rings (SSSR count).